The maximum atomic E-state index is 11.0. The monoisotopic (exact) mass is 378 g/mol. The van der Waals surface area contributed by atoms with Crippen molar-refractivity contribution < 1.29 is 24.2 Å². The Kier molecular flexibility index (Phi) is 8.91. The van der Waals surface area contributed by atoms with Crippen LogP contribution in [0.2, 0.25) is 0 Å². The van der Waals surface area contributed by atoms with Crippen LogP contribution in [0.4, 0.5) is 11.4 Å². The van der Waals surface area contributed by atoms with E-state index >= 15 is 0 Å². The van der Waals surface area contributed by atoms with Gasteiger partial charge in [-0.3, -0.25) is 9.59 Å². The predicted molar refractivity (Wildman–Crippen MR) is 104 cm³/mol. The zero-order valence-electron chi connectivity index (χ0n) is 16.0. The molecule has 1 aliphatic heterocycles. The number of esters is 1. The zero-order valence-corrected chi connectivity index (χ0v) is 16.0. The van der Waals surface area contributed by atoms with Crippen LogP contribution in [-0.2, 0) is 14.3 Å². The van der Waals surface area contributed by atoms with Crippen molar-refractivity contribution in [3.63, 3.8) is 0 Å². The average molecular weight is 378 g/mol. The lowest BCUT2D eigenvalue weighted by atomic mass is 10.1. The van der Waals surface area contributed by atoms with E-state index in [0.29, 0.717) is 19.4 Å². The molecule has 1 heterocycles. The lowest BCUT2D eigenvalue weighted by Gasteiger charge is -2.32. The Labute approximate surface area is 160 Å². The van der Waals surface area contributed by atoms with E-state index in [2.05, 4.69) is 15.0 Å². The number of carbonyl (C=O) groups is 2. The third-order valence-electron chi connectivity index (χ3n) is 4.76. The fourth-order valence-electron chi connectivity index (χ4n) is 3.17. The third-order valence-corrected chi connectivity index (χ3v) is 4.76. The second-order valence-corrected chi connectivity index (χ2v) is 6.75. The van der Waals surface area contributed by atoms with Gasteiger partial charge in [0.1, 0.15) is 5.75 Å². The number of carbonyl (C=O) groups excluding carboxylic acids is 2. The molecule has 0 radical (unpaired) electrons. The number of anilines is 2. The topological polar surface area (TPSA) is 88.1 Å². The van der Waals surface area contributed by atoms with Crippen LogP contribution in [0.15, 0.2) is 18.2 Å². The van der Waals surface area contributed by atoms with Gasteiger partial charge in [-0.2, -0.15) is 0 Å². The fourth-order valence-corrected chi connectivity index (χ4v) is 3.17. The summed E-state index contributed by atoms with van der Waals surface area (Å²) in [6.45, 7) is 2.10. The van der Waals surface area contributed by atoms with Gasteiger partial charge in [0.25, 0.3) is 0 Å². The molecule has 1 fully saturated rings. The van der Waals surface area contributed by atoms with E-state index in [4.69, 9.17) is 4.74 Å². The Bertz CT molecular complexity index is 600. The minimum atomic E-state index is -0.248. The number of piperidine rings is 1. The first-order valence-electron chi connectivity index (χ1n) is 9.61. The Balaban J connectivity index is 1.82. The molecule has 0 aliphatic carbocycles. The van der Waals surface area contributed by atoms with Gasteiger partial charge in [-0.25, -0.2) is 0 Å². The van der Waals surface area contributed by atoms with Gasteiger partial charge in [0, 0.05) is 25.6 Å². The summed E-state index contributed by atoms with van der Waals surface area (Å²) in [4.78, 5) is 24.1. The molecule has 1 aromatic rings. The van der Waals surface area contributed by atoms with Gasteiger partial charge >= 0.3 is 5.97 Å². The number of nitrogens with one attached hydrogen (secondary N) is 1. The number of benzene rings is 1. The lowest BCUT2D eigenvalue weighted by molar-refractivity contribution is -0.140. The van der Waals surface area contributed by atoms with Crippen LogP contribution in [0.3, 0.4) is 0 Å². The number of rotatable bonds is 11. The molecule has 1 aromatic carbocycles. The quantitative estimate of drug-likeness (QED) is 0.350. The SMILES string of the molecule is COC(=O)CCCCCCOc1ccc(NC=O)c(N2CCC(O)CC2)c1. The highest BCUT2D eigenvalue weighted by molar-refractivity contribution is 5.82. The minimum Gasteiger partial charge on any atom is -0.494 e. The van der Waals surface area contributed by atoms with Crippen LogP contribution in [0.25, 0.3) is 0 Å². The first kappa shape index (κ1) is 21.0. The number of methoxy groups -OCH3 is 1. The highest BCUT2D eigenvalue weighted by Crippen LogP contribution is 2.32. The van der Waals surface area contributed by atoms with Crippen molar-refractivity contribution in [1.29, 1.82) is 0 Å². The van der Waals surface area contributed by atoms with Crippen LogP contribution < -0.4 is 15.0 Å². The van der Waals surface area contributed by atoms with Crippen molar-refractivity contribution in [3.8, 4) is 5.75 Å². The summed E-state index contributed by atoms with van der Waals surface area (Å²) in [6, 6.07) is 5.65. The standard InChI is InChI=1S/C20H30N2O5/c1-26-20(25)6-4-2-3-5-13-27-17-7-8-18(21-15-23)19(14-17)22-11-9-16(24)10-12-22/h7-8,14-16,24H,2-6,9-13H2,1H3,(H,21,23). The van der Waals surface area contributed by atoms with Gasteiger partial charge in [0.05, 0.1) is 31.2 Å². The second kappa shape index (κ2) is 11.4. The summed E-state index contributed by atoms with van der Waals surface area (Å²) in [6.07, 6.45) is 6.06. The second-order valence-electron chi connectivity index (χ2n) is 6.75. The van der Waals surface area contributed by atoms with Gasteiger partial charge in [-0.1, -0.05) is 12.8 Å². The number of aliphatic hydroxyl groups is 1. The molecular weight excluding hydrogens is 348 g/mol. The van der Waals surface area contributed by atoms with Gasteiger partial charge in [-0.05, 0) is 37.8 Å². The maximum Gasteiger partial charge on any atom is 0.305 e. The largest absolute Gasteiger partial charge is 0.494 e. The molecule has 0 saturated carbocycles. The Morgan fingerprint density at radius 1 is 1.26 bits per heavy atom. The molecular formula is C20H30N2O5. The van der Waals surface area contributed by atoms with Crippen molar-refractivity contribution in [3.05, 3.63) is 18.2 Å². The summed E-state index contributed by atoms with van der Waals surface area (Å²) >= 11 is 0. The molecule has 27 heavy (non-hydrogen) atoms. The van der Waals surface area contributed by atoms with Gasteiger partial charge in [0.15, 0.2) is 0 Å². The Hall–Kier alpha value is -2.28. The molecule has 2 rings (SSSR count). The molecule has 1 amide bonds. The molecule has 0 bridgehead atoms. The number of hydrogen-bond donors (Lipinski definition) is 2. The van der Waals surface area contributed by atoms with Crippen LogP contribution in [-0.4, -0.2) is 50.4 Å². The fraction of sp³-hybridized carbons (Fsp3) is 0.600. The van der Waals surface area contributed by atoms with E-state index in [-0.39, 0.29) is 12.1 Å². The lowest BCUT2D eigenvalue weighted by Crippen LogP contribution is -2.36. The molecule has 0 spiro atoms. The van der Waals surface area contributed by atoms with E-state index in [9.17, 15) is 14.7 Å². The number of aliphatic hydroxyl groups excluding tert-OH is 1. The maximum absolute atomic E-state index is 11.0. The minimum absolute atomic E-state index is 0.159. The normalized spacial score (nSPS) is 14.7. The van der Waals surface area contributed by atoms with E-state index in [1.54, 1.807) is 0 Å². The van der Waals surface area contributed by atoms with Crippen molar-refractivity contribution >= 4 is 23.8 Å². The number of amides is 1. The molecule has 150 valence electrons. The molecule has 0 unspecified atom stereocenters. The van der Waals surface area contributed by atoms with E-state index < -0.39 is 0 Å². The van der Waals surface area contributed by atoms with Crippen LogP contribution in [0.1, 0.15) is 44.9 Å². The first-order chi connectivity index (χ1) is 13.1. The molecule has 1 saturated heterocycles. The van der Waals surface area contributed by atoms with Crippen molar-refractivity contribution in [2.75, 3.05) is 37.0 Å². The van der Waals surface area contributed by atoms with Gasteiger partial charge in [0.2, 0.25) is 6.41 Å². The number of ether oxygens (including phenoxy) is 2. The molecule has 1 aliphatic rings. The Morgan fingerprint density at radius 2 is 2.00 bits per heavy atom. The van der Waals surface area contributed by atoms with Crippen LogP contribution >= 0.6 is 0 Å². The molecule has 0 atom stereocenters. The average Bonchev–Trinajstić information content (AvgIpc) is 2.68. The predicted octanol–water partition coefficient (Wildman–Crippen LogP) is 2.72. The van der Waals surface area contributed by atoms with Gasteiger partial charge < -0.3 is 24.8 Å². The van der Waals surface area contributed by atoms with Crippen LogP contribution in [0, 0.1) is 0 Å². The molecule has 2 N–H and O–H groups in total. The summed E-state index contributed by atoms with van der Waals surface area (Å²) in [7, 11) is 1.41. The van der Waals surface area contributed by atoms with E-state index in [0.717, 1.165) is 68.7 Å². The molecule has 7 nitrogen and oxygen atoms in total. The summed E-state index contributed by atoms with van der Waals surface area (Å²) < 4.78 is 10.5. The molecule has 0 aromatic heterocycles. The van der Waals surface area contributed by atoms with E-state index in [1.807, 2.05) is 18.2 Å². The number of hydrogen-bond acceptors (Lipinski definition) is 6. The van der Waals surface area contributed by atoms with E-state index in [1.165, 1.54) is 7.11 Å². The summed E-state index contributed by atoms with van der Waals surface area (Å²) in [5, 5.41) is 12.4. The molecule has 7 heteroatoms. The zero-order chi connectivity index (χ0) is 19.5. The Morgan fingerprint density at radius 3 is 2.70 bits per heavy atom. The van der Waals surface area contributed by atoms with Gasteiger partial charge in [-0.15, -0.1) is 0 Å². The number of nitrogens with zero attached hydrogens (tertiary/aromatic N) is 1. The highest BCUT2D eigenvalue weighted by Gasteiger charge is 2.20. The smallest absolute Gasteiger partial charge is 0.305 e. The number of unbranched alkanes of at least 4 members (excludes halogenated alkanes) is 3. The van der Waals surface area contributed by atoms with Crippen molar-refractivity contribution in [2.45, 2.75) is 51.0 Å². The highest BCUT2D eigenvalue weighted by atomic mass is 16.5. The van der Waals surface area contributed by atoms with Crippen molar-refractivity contribution in [1.82, 2.24) is 0 Å². The van der Waals surface area contributed by atoms with Crippen LogP contribution in [0.5, 0.6) is 5.75 Å². The first-order valence-corrected chi connectivity index (χ1v) is 9.61. The summed E-state index contributed by atoms with van der Waals surface area (Å²) in [5.74, 6) is 0.607. The summed E-state index contributed by atoms with van der Waals surface area (Å²) in [5.41, 5.74) is 1.67. The van der Waals surface area contributed by atoms with Crippen molar-refractivity contribution in [2.24, 2.45) is 0 Å². The third kappa shape index (κ3) is 7.09.